The second-order valence-corrected chi connectivity index (χ2v) is 9.28. The quantitative estimate of drug-likeness (QED) is 0.338. The molecule has 0 saturated heterocycles. The molecule has 3 aromatic heterocycles. The zero-order valence-electron chi connectivity index (χ0n) is 19.5. The molecule has 1 saturated carbocycles. The number of amides is 1. The molecule has 3 atom stereocenters. The average molecular weight is 490 g/mol. The minimum absolute atomic E-state index is 0.107. The van der Waals surface area contributed by atoms with Gasteiger partial charge in [0.2, 0.25) is 0 Å². The first-order chi connectivity index (χ1) is 17.0. The number of methoxy groups -OCH3 is 2. The summed E-state index contributed by atoms with van der Waals surface area (Å²) in [4.78, 5) is 26.1. The Kier molecular flexibility index (Phi) is 5.16. The van der Waals surface area contributed by atoms with E-state index in [9.17, 15) is 4.79 Å². The van der Waals surface area contributed by atoms with E-state index < -0.39 is 0 Å². The summed E-state index contributed by atoms with van der Waals surface area (Å²) in [5.74, 6) is 0.664. The molecule has 0 spiro atoms. The van der Waals surface area contributed by atoms with Gasteiger partial charge in [-0.2, -0.15) is 0 Å². The predicted molar refractivity (Wildman–Crippen MR) is 135 cm³/mol. The van der Waals surface area contributed by atoms with E-state index in [1.807, 2.05) is 37.3 Å². The van der Waals surface area contributed by atoms with Gasteiger partial charge in [0.05, 0.1) is 57.6 Å². The molecule has 3 N–H and O–H groups in total. The highest BCUT2D eigenvalue weighted by atomic mass is 35.5. The van der Waals surface area contributed by atoms with Gasteiger partial charge in [-0.1, -0.05) is 17.7 Å². The van der Waals surface area contributed by atoms with Crippen molar-refractivity contribution in [3.63, 3.8) is 0 Å². The second-order valence-electron chi connectivity index (χ2n) is 8.87. The molecule has 0 radical (unpaired) electrons. The van der Waals surface area contributed by atoms with E-state index in [1.165, 1.54) is 0 Å². The van der Waals surface area contributed by atoms with Crippen LogP contribution in [0.25, 0.3) is 22.3 Å². The van der Waals surface area contributed by atoms with E-state index in [2.05, 4.69) is 20.6 Å². The van der Waals surface area contributed by atoms with Crippen LogP contribution < -0.4 is 15.4 Å². The van der Waals surface area contributed by atoms with Crippen LogP contribution in [-0.2, 0) is 4.74 Å². The third-order valence-corrected chi connectivity index (χ3v) is 7.11. The van der Waals surface area contributed by atoms with Crippen LogP contribution >= 0.6 is 11.6 Å². The van der Waals surface area contributed by atoms with Gasteiger partial charge < -0.3 is 25.1 Å². The van der Waals surface area contributed by atoms with Crippen LogP contribution in [-0.4, -0.2) is 41.1 Å². The lowest BCUT2D eigenvalue weighted by atomic mass is 10.0. The van der Waals surface area contributed by atoms with E-state index in [1.54, 1.807) is 26.5 Å². The van der Waals surface area contributed by atoms with Gasteiger partial charge in [-0.15, -0.1) is 0 Å². The van der Waals surface area contributed by atoms with Crippen molar-refractivity contribution in [2.24, 2.45) is 0 Å². The fourth-order valence-corrected chi connectivity index (χ4v) is 5.06. The Labute approximate surface area is 207 Å². The lowest BCUT2D eigenvalue weighted by molar-refractivity contribution is 0.0944. The maximum atomic E-state index is 13.2. The highest BCUT2D eigenvalue weighted by molar-refractivity contribution is 6.32. The number of nitrogens with one attached hydrogen (secondary N) is 3. The summed E-state index contributed by atoms with van der Waals surface area (Å²) in [7, 11) is 3.23. The van der Waals surface area contributed by atoms with E-state index in [-0.39, 0.29) is 24.0 Å². The number of ether oxygens (including phenoxy) is 2. The van der Waals surface area contributed by atoms with E-state index in [4.69, 9.17) is 26.1 Å². The first-order valence-electron chi connectivity index (χ1n) is 11.4. The van der Waals surface area contributed by atoms with Gasteiger partial charge in [-0.25, -0.2) is 4.98 Å². The molecule has 1 aliphatic carbocycles. The minimum Gasteiger partial charge on any atom is -0.493 e. The molecule has 0 bridgehead atoms. The van der Waals surface area contributed by atoms with Crippen molar-refractivity contribution in [2.45, 2.75) is 31.4 Å². The van der Waals surface area contributed by atoms with Crippen LogP contribution in [0.3, 0.4) is 0 Å². The Balaban J connectivity index is 1.59. The number of carbonyl (C=O) groups is 1. The Bertz CT molecular complexity index is 1480. The molecule has 1 amide bonds. The Morgan fingerprint density at radius 2 is 2.06 bits per heavy atom. The smallest absolute Gasteiger partial charge is 0.255 e. The van der Waals surface area contributed by atoms with Crippen molar-refractivity contribution < 1.29 is 14.3 Å². The molecule has 1 aliphatic heterocycles. The Morgan fingerprint density at radius 1 is 1.20 bits per heavy atom. The van der Waals surface area contributed by atoms with Crippen LogP contribution in [0.1, 0.15) is 47.1 Å². The van der Waals surface area contributed by atoms with E-state index >= 15 is 0 Å². The molecule has 4 aromatic rings. The van der Waals surface area contributed by atoms with Crippen molar-refractivity contribution in [3.8, 4) is 17.0 Å². The third kappa shape index (κ3) is 3.52. The number of halogens is 1. The van der Waals surface area contributed by atoms with Crippen LogP contribution in [0.2, 0.25) is 5.02 Å². The Hall–Kier alpha value is -3.62. The maximum absolute atomic E-state index is 13.2. The molecule has 4 heterocycles. The normalized spacial score (nSPS) is 19.0. The van der Waals surface area contributed by atoms with Crippen molar-refractivity contribution in [2.75, 3.05) is 19.5 Å². The molecule has 178 valence electrons. The van der Waals surface area contributed by atoms with Gasteiger partial charge in [-0.3, -0.25) is 9.78 Å². The molecule has 2 aliphatic rings. The molecule has 0 unspecified atom stereocenters. The molecular formula is C26H24ClN5O3. The van der Waals surface area contributed by atoms with Crippen LogP contribution in [0.5, 0.6) is 5.75 Å². The topological polar surface area (TPSA) is 101 Å². The van der Waals surface area contributed by atoms with Crippen molar-refractivity contribution >= 4 is 39.9 Å². The standard InChI is InChI=1S/C26H24ClN5O3/c1-12(34-2)16-7-8-17-21(29-16)13(9-10-28-17)23-24(30-18-6-4-5-15(27)25(18)35-3)20-22(32-23)14-11-19(14)31-26(20)33/h4-10,12,14,19,30,32H,11H2,1-3H3,(H,31,33)/t12-,14+,19-/m1/s1. The van der Waals surface area contributed by atoms with Crippen LogP contribution in [0.4, 0.5) is 11.4 Å². The predicted octanol–water partition coefficient (Wildman–Crippen LogP) is 5.34. The van der Waals surface area contributed by atoms with Gasteiger partial charge in [0.25, 0.3) is 5.91 Å². The summed E-state index contributed by atoms with van der Waals surface area (Å²) in [5.41, 5.74) is 6.73. The number of nitrogens with zero attached hydrogens (tertiary/aromatic N) is 2. The number of para-hydroxylation sites is 1. The first-order valence-corrected chi connectivity index (χ1v) is 11.8. The van der Waals surface area contributed by atoms with Gasteiger partial charge in [0.15, 0.2) is 5.75 Å². The van der Waals surface area contributed by atoms with Crippen LogP contribution in [0.15, 0.2) is 42.6 Å². The summed E-state index contributed by atoms with van der Waals surface area (Å²) in [6, 6.07) is 11.4. The van der Waals surface area contributed by atoms with Gasteiger partial charge in [0, 0.05) is 36.5 Å². The number of anilines is 2. The summed E-state index contributed by atoms with van der Waals surface area (Å²) >= 11 is 6.39. The first kappa shape index (κ1) is 21.9. The molecule has 35 heavy (non-hydrogen) atoms. The lowest BCUT2D eigenvalue weighted by Gasteiger charge is -2.17. The maximum Gasteiger partial charge on any atom is 0.255 e. The summed E-state index contributed by atoms with van der Waals surface area (Å²) in [6.45, 7) is 1.95. The number of aromatic nitrogens is 3. The fraction of sp³-hybridized carbons (Fsp3) is 0.269. The summed E-state index contributed by atoms with van der Waals surface area (Å²) < 4.78 is 11.0. The molecule has 1 aromatic carbocycles. The number of H-pyrrole nitrogens is 1. The minimum atomic E-state index is -0.171. The largest absolute Gasteiger partial charge is 0.493 e. The van der Waals surface area contributed by atoms with E-state index in [0.717, 1.165) is 40.1 Å². The number of aromatic amines is 1. The van der Waals surface area contributed by atoms with E-state index in [0.29, 0.717) is 27.7 Å². The molecule has 9 heteroatoms. The number of fused-ring (bicyclic) bond motifs is 4. The SMILES string of the molecule is COc1c(Cl)cccc1Nc1c(-c2ccnc3ccc([C@@H](C)OC)nc23)[nH]c2c1C(=O)N[C@@H]1C[C@H]21. The second kappa shape index (κ2) is 8.25. The number of pyridine rings is 2. The van der Waals surface area contributed by atoms with Crippen molar-refractivity contribution in [3.05, 3.63) is 64.6 Å². The molecular weight excluding hydrogens is 466 g/mol. The number of benzene rings is 1. The van der Waals surface area contributed by atoms with Gasteiger partial charge in [0.1, 0.15) is 0 Å². The highest BCUT2D eigenvalue weighted by Crippen LogP contribution is 2.50. The lowest BCUT2D eigenvalue weighted by Crippen LogP contribution is -2.31. The zero-order chi connectivity index (χ0) is 24.3. The summed E-state index contributed by atoms with van der Waals surface area (Å²) in [6.07, 6.45) is 2.50. The molecule has 8 nitrogen and oxygen atoms in total. The third-order valence-electron chi connectivity index (χ3n) is 6.81. The van der Waals surface area contributed by atoms with Crippen molar-refractivity contribution in [1.82, 2.24) is 20.3 Å². The number of hydrogen-bond donors (Lipinski definition) is 3. The Morgan fingerprint density at radius 3 is 2.86 bits per heavy atom. The average Bonchev–Trinajstić information content (AvgIpc) is 3.55. The van der Waals surface area contributed by atoms with Gasteiger partial charge >= 0.3 is 0 Å². The molecule has 1 fully saturated rings. The van der Waals surface area contributed by atoms with Gasteiger partial charge in [-0.05, 0) is 43.7 Å². The zero-order valence-corrected chi connectivity index (χ0v) is 20.2. The number of carbonyl (C=O) groups excluding carboxylic acids is 1. The molecule has 6 rings (SSSR count). The number of rotatable bonds is 6. The fourth-order valence-electron chi connectivity index (χ4n) is 4.81. The highest BCUT2D eigenvalue weighted by Gasteiger charge is 2.48. The summed E-state index contributed by atoms with van der Waals surface area (Å²) in [5, 5.41) is 7.03. The number of hydrogen-bond acceptors (Lipinski definition) is 6. The van der Waals surface area contributed by atoms with Crippen LogP contribution in [0, 0.1) is 0 Å². The monoisotopic (exact) mass is 489 g/mol. The van der Waals surface area contributed by atoms with Crippen molar-refractivity contribution in [1.29, 1.82) is 0 Å².